The Morgan fingerprint density at radius 1 is 1.55 bits per heavy atom. The van der Waals surface area contributed by atoms with Gasteiger partial charge >= 0.3 is 0 Å². The van der Waals surface area contributed by atoms with Crippen LogP contribution >= 0.6 is 0 Å². The van der Waals surface area contributed by atoms with Crippen LogP contribution in [0.25, 0.3) is 11.1 Å². The molecule has 0 bridgehead atoms. The number of hydrogen-bond donors (Lipinski definition) is 1. The van der Waals surface area contributed by atoms with Crippen molar-refractivity contribution >= 4 is 22.8 Å². The molecule has 2 heterocycles. The number of ether oxygens (including phenoxy) is 1. The summed E-state index contributed by atoms with van der Waals surface area (Å²) in [6.45, 7) is 4.73. The van der Waals surface area contributed by atoms with Crippen LogP contribution in [0.4, 0.5) is 11.7 Å². The Kier molecular flexibility index (Phi) is 2.86. The van der Waals surface area contributed by atoms with E-state index in [9.17, 15) is 10.1 Å². The van der Waals surface area contributed by atoms with Crippen molar-refractivity contribution in [2.45, 2.75) is 31.9 Å². The van der Waals surface area contributed by atoms with E-state index in [0.717, 1.165) is 6.42 Å². The Bertz CT molecular complexity index is 669. The van der Waals surface area contributed by atoms with Gasteiger partial charge in [-0.15, -0.1) is 0 Å². The molecule has 0 saturated carbocycles. The third kappa shape index (κ3) is 2.09. The molecule has 2 aromatic rings. The second kappa shape index (κ2) is 4.45. The van der Waals surface area contributed by atoms with Crippen molar-refractivity contribution in [2.24, 2.45) is 0 Å². The van der Waals surface area contributed by atoms with E-state index in [4.69, 9.17) is 9.15 Å². The third-order valence-corrected chi connectivity index (χ3v) is 3.86. The molecule has 3 rings (SSSR count). The van der Waals surface area contributed by atoms with E-state index in [0.29, 0.717) is 23.7 Å². The number of nitrogens with zero attached hydrogens (tertiary/aromatic N) is 2. The summed E-state index contributed by atoms with van der Waals surface area (Å²) >= 11 is 0. The Balaban J connectivity index is 1.91. The van der Waals surface area contributed by atoms with Crippen molar-refractivity contribution < 1.29 is 14.1 Å². The summed E-state index contributed by atoms with van der Waals surface area (Å²) in [7, 11) is 0. The average Bonchev–Trinajstić information content (AvgIpc) is 2.92. The van der Waals surface area contributed by atoms with Crippen molar-refractivity contribution in [3.63, 3.8) is 0 Å². The van der Waals surface area contributed by atoms with Gasteiger partial charge in [0.1, 0.15) is 5.52 Å². The molecule has 2 unspecified atom stereocenters. The molecule has 1 N–H and O–H groups in total. The highest BCUT2D eigenvalue weighted by atomic mass is 16.6. The van der Waals surface area contributed by atoms with Gasteiger partial charge in [0.25, 0.3) is 11.7 Å². The summed E-state index contributed by atoms with van der Waals surface area (Å²) in [5, 5.41) is 14.0. The highest BCUT2D eigenvalue weighted by Crippen LogP contribution is 2.31. The Morgan fingerprint density at radius 3 is 3.00 bits per heavy atom. The molecule has 0 spiro atoms. The van der Waals surface area contributed by atoms with Crippen molar-refractivity contribution in [1.29, 1.82) is 0 Å². The van der Waals surface area contributed by atoms with E-state index in [1.54, 1.807) is 6.07 Å². The van der Waals surface area contributed by atoms with Gasteiger partial charge < -0.3 is 14.5 Å². The van der Waals surface area contributed by atoms with Crippen LogP contribution in [0.15, 0.2) is 22.6 Å². The number of fused-ring (bicyclic) bond motifs is 1. The molecule has 1 aliphatic heterocycles. The van der Waals surface area contributed by atoms with Gasteiger partial charge in [-0.05, 0) is 26.3 Å². The van der Waals surface area contributed by atoms with Crippen molar-refractivity contribution in [3.8, 4) is 0 Å². The van der Waals surface area contributed by atoms with E-state index in [1.807, 2.05) is 13.8 Å². The SMILES string of the molecule is CC1OCCC1(C)Nc1nc2ccc([N+](=O)[O-])cc2o1. The normalized spacial score (nSPS) is 26.0. The summed E-state index contributed by atoms with van der Waals surface area (Å²) in [5.41, 5.74) is 0.737. The fourth-order valence-corrected chi connectivity index (χ4v) is 2.32. The summed E-state index contributed by atoms with van der Waals surface area (Å²) in [6.07, 6.45) is 0.902. The van der Waals surface area contributed by atoms with E-state index in [2.05, 4.69) is 10.3 Å². The number of nitro benzene ring substituents is 1. The molecule has 1 aliphatic rings. The monoisotopic (exact) mass is 277 g/mol. The highest BCUT2D eigenvalue weighted by Gasteiger charge is 2.38. The summed E-state index contributed by atoms with van der Waals surface area (Å²) in [6, 6.07) is 4.74. The number of nitrogens with one attached hydrogen (secondary N) is 1. The number of nitro groups is 1. The van der Waals surface area contributed by atoms with Crippen molar-refractivity contribution in [2.75, 3.05) is 11.9 Å². The Labute approximate surface area is 115 Å². The maximum Gasteiger partial charge on any atom is 0.296 e. The molecule has 106 valence electrons. The van der Waals surface area contributed by atoms with Crippen LogP contribution in [0.2, 0.25) is 0 Å². The largest absolute Gasteiger partial charge is 0.423 e. The predicted octanol–water partition coefficient (Wildman–Crippen LogP) is 2.72. The van der Waals surface area contributed by atoms with E-state index in [-0.39, 0.29) is 17.3 Å². The molecule has 0 radical (unpaired) electrons. The standard InChI is InChI=1S/C13H15N3O4/c1-8-13(2,5-6-19-8)15-12-14-10-4-3-9(16(17)18)7-11(10)20-12/h3-4,7-8H,5-6H2,1-2H3,(H,14,15). The second-order valence-corrected chi connectivity index (χ2v) is 5.23. The minimum Gasteiger partial charge on any atom is -0.423 e. The van der Waals surface area contributed by atoms with Crippen LogP contribution in [-0.2, 0) is 4.74 Å². The van der Waals surface area contributed by atoms with E-state index < -0.39 is 4.92 Å². The molecule has 2 atom stereocenters. The number of rotatable bonds is 3. The minimum atomic E-state index is -0.455. The maximum atomic E-state index is 10.7. The molecule has 20 heavy (non-hydrogen) atoms. The molecule has 1 fully saturated rings. The van der Waals surface area contributed by atoms with Gasteiger partial charge in [-0.25, -0.2) is 0 Å². The zero-order chi connectivity index (χ0) is 14.3. The quantitative estimate of drug-likeness (QED) is 0.685. The zero-order valence-corrected chi connectivity index (χ0v) is 11.3. The lowest BCUT2D eigenvalue weighted by Gasteiger charge is -2.27. The maximum absolute atomic E-state index is 10.7. The van der Waals surface area contributed by atoms with Crippen LogP contribution < -0.4 is 5.32 Å². The smallest absolute Gasteiger partial charge is 0.296 e. The minimum absolute atomic E-state index is 0.0102. The molecule has 7 heteroatoms. The first-order valence-electron chi connectivity index (χ1n) is 6.43. The molecule has 0 aliphatic carbocycles. The first-order valence-corrected chi connectivity index (χ1v) is 6.43. The fraction of sp³-hybridized carbons (Fsp3) is 0.462. The summed E-state index contributed by atoms with van der Waals surface area (Å²) in [5.74, 6) is 0. The molecular formula is C13H15N3O4. The molecule has 0 amide bonds. The number of hydrogen-bond acceptors (Lipinski definition) is 6. The summed E-state index contributed by atoms with van der Waals surface area (Å²) < 4.78 is 11.1. The lowest BCUT2D eigenvalue weighted by atomic mass is 9.95. The molecular weight excluding hydrogens is 262 g/mol. The van der Waals surface area contributed by atoms with Crippen LogP contribution in [0, 0.1) is 10.1 Å². The van der Waals surface area contributed by atoms with Gasteiger partial charge in [0.15, 0.2) is 5.58 Å². The number of non-ortho nitro benzene ring substituents is 1. The lowest BCUT2D eigenvalue weighted by molar-refractivity contribution is -0.384. The number of anilines is 1. The van der Waals surface area contributed by atoms with Crippen LogP contribution in [0.5, 0.6) is 0 Å². The van der Waals surface area contributed by atoms with E-state index in [1.165, 1.54) is 12.1 Å². The van der Waals surface area contributed by atoms with Crippen molar-refractivity contribution in [3.05, 3.63) is 28.3 Å². The van der Waals surface area contributed by atoms with Crippen LogP contribution in [-0.4, -0.2) is 28.2 Å². The van der Waals surface area contributed by atoms with E-state index >= 15 is 0 Å². The average molecular weight is 277 g/mol. The lowest BCUT2D eigenvalue weighted by Crippen LogP contribution is -2.41. The Hall–Kier alpha value is -2.15. The van der Waals surface area contributed by atoms with Crippen LogP contribution in [0.1, 0.15) is 20.3 Å². The van der Waals surface area contributed by atoms with Gasteiger partial charge in [0.05, 0.1) is 22.6 Å². The number of oxazole rings is 1. The molecule has 1 aromatic carbocycles. The zero-order valence-electron chi connectivity index (χ0n) is 11.3. The predicted molar refractivity (Wildman–Crippen MR) is 72.7 cm³/mol. The topological polar surface area (TPSA) is 90.4 Å². The molecule has 1 saturated heterocycles. The van der Waals surface area contributed by atoms with Gasteiger partial charge in [-0.3, -0.25) is 10.1 Å². The number of benzene rings is 1. The molecule has 7 nitrogen and oxygen atoms in total. The van der Waals surface area contributed by atoms with Gasteiger partial charge in [0, 0.05) is 12.7 Å². The molecule has 1 aromatic heterocycles. The van der Waals surface area contributed by atoms with Gasteiger partial charge in [-0.1, -0.05) is 0 Å². The third-order valence-electron chi connectivity index (χ3n) is 3.86. The first-order chi connectivity index (χ1) is 9.48. The summed E-state index contributed by atoms with van der Waals surface area (Å²) in [4.78, 5) is 14.6. The second-order valence-electron chi connectivity index (χ2n) is 5.23. The van der Waals surface area contributed by atoms with Gasteiger partial charge in [0.2, 0.25) is 0 Å². The van der Waals surface area contributed by atoms with Gasteiger partial charge in [-0.2, -0.15) is 4.98 Å². The number of aromatic nitrogens is 1. The Morgan fingerprint density at radius 2 is 2.35 bits per heavy atom. The first kappa shape index (κ1) is 12.9. The fourth-order valence-electron chi connectivity index (χ4n) is 2.32. The van der Waals surface area contributed by atoms with Crippen LogP contribution in [0.3, 0.4) is 0 Å². The highest BCUT2D eigenvalue weighted by molar-refractivity contribution is 5.77. The van der Waals surface area contributed by atoms with Crippen molar-refractivity contribution in [1.82, 2.24) is 4.98 Å².